The van der Waals surface area contributed by atoms with Crippen LogP contribution in [-0.4, -0.2) is 16.2 Å². The maximum atomic E-state index is 10.6. The van der Waals surface area contributed by atoms with E-state index in [4.69, 9.17) is 9.63 Å². The summed E-state index contributed by atoms with van der Waals surface area (Å²) >= 11 is 1.64. The summed E-state index contributed by atoms with van der Waals surface area (Å²) in [6, 6.07) is 3.67. The van der Waals surface area contributed by atoms with Crippen LogP contribution in [0.25, 0.3) is 0 Å². The molecule has 2 heterocycles. The van der Waals surface area contributed by atoms with Crippen LogP contribution in [0.5, 0.6) is 0 Å². The minimum atomic E-state index is -1.08. The third kappa shape index (κ3) is 2.92. The number of hydrogen-bond donors (Lipinski definition) is 2. The van der Waals surface area contributed by atoms with Crippen molar-refractivity contribution in [1.82, 2.24) is 10.5 Å². The monoisotopic (exact) mass is 252 g/mol. The molecule has 5 nitrogen and oxygen atoms in total. The summed E-state index contributed by atoms with van der Waals surface area (Å²) in [5.41, 5.74) is 1.14. The number of hydrogen-bond acceptors (Lipinski definition) is 5. The Kier molecular flexibility index (Phi) is 3.55. The molecular formula is C11H12N2O3S. The Hall–Kier alpha value is -1.66. The molecule has 1 unspecified atom stereocenters. The van der Waals surface area contributed by atoms with Crippen LogP contribution in [0, 0.1) is 0 Å². The van der Waals surface area contributed by atoms with E-state index in [1.807, 2.05) is 18.4 Å². The third-order valence-corrected chi connectivity index (χ3v) is 3.11. The van der Waals surface area contributed by atoms with Crippen molar-refractivity contribution >= 4 is 17.3 Å². The van der Waals surface area contributed by atoms with Gasteiger partial charge in [-0.2, -0.15) is 11.3 Å². The largest absolute Gasteiger partial charge is 0.476 e. The highest BCUT2D eigenvalue weighted by molar-refractivity contribution is 7.07. The van der Waals surface area contributed by atoms with Gasteiger partial charge in [0.25, 0.3) is 0 Å². The van der Waals surface area contributed by atoms with E-state index in [1.165, 1.54) is 11.6 Å². The van der Waals surface area contributed by atoms with Gasteiger partial charge in [-0.25, -0.2) is 4.79 Å². The first kappa shape index (κ1) is 11.8. The minimum absolute atomic E-state index is 0.0648. The van der Waals surface area contributed by atoms with Gasteiger partial charge in [0.05, 0.1) is 6.54 Å². The third-order valence-electron chi connectivity index (χ3n) is 2.40. The predicted octanol–water partition coefficient (Wildman–Crippen LogP) is 2.29. The molecule has 0 saturated carbocycles. The number of carboxylic acids is 1. The lowest BCUT2D eigenvalue weighted by molar-refractivity contribution is 0.0685. The second kappa shape index (κ2) is 5.11. The fourth-order valence-electron chi connectivity index (χ4n) is 1.39. The molecule has 1 atom stereocenters. The quantitative estimate of drug-likeness (QED) is 0.853. The van der Waals surface area contributed by atoms with Crippen LogP contribution < -0.4 is 5.32 Å². The van der Waals surface area contributed by atoms with Gasteiger partial charge in [0, 0.05) is 12.1 Å². The Balaban J connectivity index is 1.91. The van der Waals surface area contributed by atoms with Crippen LogP contribution in [0.1, 0.15) is 34.8 Å². The zero-order valence-electron chi connectivity index (χ0n) is 9.21. The van der Waals surface area contributed by atoms with Crippen LogP contribution in [0.3, 0.4) is 0 Å². The molecule has 0 saturated heterocycles. The number of carbonyl (C=O) groups is 1. The lowest BCUT2D eigenvalue weighted by Crippen LogP contribution is -2.17. The van der Waals surface area contributed by atoms with Gasteiger partial charge in [-0.1, -0.05) is 5.16 Å². The molecule has 2 N–H and O–H groups in total. The van der Waals surface area contributed by atoms with Crippen molar-refractivity contribution in [3.05, 3.63) is 39.9 Å². The number of aromatic carboxylic acids is 1. The highest BCUT2D eigenvalue weighted by Gasteiger charge is 2.11. The summed E-state index contributed by atoms with van der Waals surface area (Å²) in [6.07, 6.45) is 0. The van der Waals surface area contributed by atoms with Crippen molar-refractivity contribution < 1.29 is 14.4 Å². The van der Waals surface area contributed by atoms with Crippen molar-refractivity contribution in [1.29, 1.82) is 0 Å². The number of nitrogens with one attached hydrogen (secondary N) is 1. The molecule has 0 spiro atoms. The van der Waals surface area contributed by atoms with Crippen molar-refractivity contribution in [3.63, 3.8) is 0 Å². The molecule has 0 aliphatic rings. The molecule has 0 bridgehead atoms. The van der Waals surface area contributed by atoms with Gasteiger partial charge in [-0.05, 0) is 29.3 Å². The highest BCUT2D eigenvalue weighted by Crippen LogP contribution is 2.16. The molecule has 0 amide bonds. The maximum Gasteiger partial charge on any atom is 0.358 e. The Labute approximate surface area is 102 Å². The molecule has 17 heavy (non-hydrogen) atoms. The van der Waals surface area contributed by atoms with Gasteiger partial charge >= 0.3 is 5.97 Å². The summed E-state index contributed by atoms with van der Waals surface area (Å²) in [4.78, 5) is 10.6. The van der Waals surface area contributed by atoms with Gasteiger partial charge in [0.15, 0.2) is 11.5 Å². The summed E-state index contributed by atoms with van der Waals surface area (Å²) in [7, 11) is 0. The Morgan fingerprint density at radius 2 is 2.53 bits per heavy atom. The Bertz CT molecular complexity index is 493. The zero-order chi connectivity index (χ0) is 12.3. The maximum absolute atomic E-state index is 10.6. The van der Waals surface area contributed by atoms with Crippen LogP contribution in [0.2, 0.25) is 0 Å². The number of thiophene rings is 1. The average Bonchev–Trinajstić information content (AvgIpc) is 2.97. The smallest absolute Gasteiger partial charge is 0.358 e. The summed E-state index contributed by atoms with van der Waals surface area (Å²) < 4.78 is 4.90. The first-order chi connectivity index (χ1) is 8.16. The molecule has 90 valence electrons. The Morgan fingerprint density at radius 3 is 3.12 bits per heavy atom. The Morgan fingerprint density at radius 1 is 1.71 bits per heavy atom. The van der Waals surface area contributed by atoms with Crippen LogP contribution in [0.15, 0.2) is 27.4 Å². The second-order valence-corrected chi connectivity index (χ2v) is 4.42. The van der Waals surface area contributed by atoms with Gasteiger partial charge in [-0.15, -0.1) is 0 Å². The van der Waals surface area contributed by atoms with Crippen molar-refractivity contribution in [2.45, 2.75) is 19.5 Å². The lowest BCUT2D eigenvalue weighted by atomic mass is 10.2. The first-order valence-electron chi connectivity index (χ1n) is 5.11. The van der Waals surface area contributed by atoms with Crippen LogP contribution in [-0.2, 0) is 6.54 Å². The molecule has 2 aromatic rings. The molecule has 0 aliphatic heterocycles. The van der Waals surface area contributed by atoms with E-state index in [0.29, 0.717) is 12.3 Å². The molecule has 6 heteroatoms. The van der Waals surface area contributed by atoms with E-state index >= 15 is 0 Å². The van der Waals surface area contributed by atoms with Gasteiger partial charge < -0.3 is 14.9 Å². The number of rotatable bonds is 5. The fourth-order valence-corrected chi connectivity index (χ4v) is 2.14. The summed E-state index contributed by atoms with van der Waals surface area (Å²) in [6.45, 7) is 2.49. The lowest BCUT2D eigenvalue weighted by Gasteiger charge is -2.10. The first-order valence-corrected chi connectivity index (χ1v) is 6.05. The average molecular weight is 252 g/mol. The van der Waals surface area contributed by atoms with E-state index in [9.17, 15) is 4.79 Å². The number of aromatic nitrogens is 1. The predicted molar refractivity (Wildman–Crippen MR) is 63.0 cm³/mol. The van der Waals surface area contributed by atoms with E-state index < -0.39 is 5.97 Å². The van der Waals surface area contributed by atoms with Gasteiger partial charge in [0.1, 0.15) is 0 Å². The topological polar surface area (TPSA) is 75.4 Å². The van der Waals surface area contributed by atoms with Crippen molar-refractivity contribution in [2.24, 2.45) is 0 Å². The van der Waals surface area contributed by atoms with E-state index in [0.717, 1.165) is 0 Å². The normalized spacial score (nSPS) is 12.5. The SMILES string of the molecule is CC(NCc1cc(C(=O)O)no1)c1ccsc1. The van der Waals surface area contributed by atoms with E-state index in [1.54, 1.807) is 11.3 Å². The summed E-state index contributed by atoms with van der Waals surface area (Å²) in [5, 5.41) is 19.5. The molecule has 0 fully saturated rings. The number of carboxylic acid groups (broad SMARTS) is 1. The molecule has 2 aromatic heterocycles. The fraction of sp³-hybridized carbons (Fsp3) is 0.273. The highest BCUT2D eigenvalue weighted by atomic mass is 32.1. The minimum Gasteiger partial charge on any atom is -0.476 e. The van der Waals surface area contributed by atoms with Crippen LogP contribution >= 0.6 is 11.3 Å². The van der Waals surface area contributed by atoms with E-state index in [2.05, 4.69) is 15.9 Å². The summed E-state index contributed by atoms with van der Waals surface area (Å²) in [5.74, 6) is -0.560. The van der Waals surface area contributed by atoms with Gasteiger partial charge in [0.2, 0.25) is 0 Å². The van der Waals surface area contributed by atoms with Crippen molar-refractivity contribution in [3.8, 4) is 0 Å². The molecule has 2 rings (SSSR count). The number of nitrogens with zero attached hydrogens (tertiary/aromatic N) is 1. The van der Waals surface area contributed by atoms with Crippen molar-refractivity contribution in [2.75, 3.05) is 0 Å². The molecule has 0 aromatic carbocycles. The van der Waals surface area contributed by atoms with E-state index in [-0.39, 0.29) is 11.7 Å². The standard InChI is InChI=1S/C11H12N2O3S/c1-7(8-2-3-17-6-8)12-5-9-4-10(11(14)15)13-16-9/h2-4,6-7,12H,5H2,1H3,(H,14,15). The molecule has 0 aliphatic carbocycles. The zero-order valence-corrected chi connectivity index (χ0v) is 10.0. The molecule has 0 radical (unpaired) electrons. The van der Waals surface area contributed by atoms with Gasteiger partial charge in [-0.3, -0.25) is 0 Å². The second-order valence-electron chi connectivity index (χ2n) is 3.64. The van der Waals surface area contributed by atoms with Crippen LogP contribution in [0.4, 0.5) is 0 Å². The molecular weight excluding hydrogens is 240 g/mol.